The molecule has 1 aromatic carbocycles. The first-order chi connectivity index (χ1) is 14.7. The van der Waals surface area contributed by atoms with Crippen LogP contribution in [-0.2, 0) is 19.3 Å². The third-order valence-electron chi connectivity index (χ3n) is 5.78. The molecule has 1 aliphatic rings. The summed E-state index contributed by atoms with van der Waals surface area (Å²) in [4.78, 5) is 4.78. The Hall–Kier alpha value is -2.16. The zero-order valence-corrected chi connectivity index (χ0v) is 20.8. The monoisotopic (exact) mass is 532 g/mol. The smallest absolute Gasteiger partial charge is 0.191 e. The van der Waals surface area contributed by atoms with Gasteiger partial charge in [-0.2, -0.15) is 0 Å². The van der Waals surface area contributed by atoms with Gasteiger partial charge < -0.3 is 10.6 Å². The summed E-state index contributed by atoms with van der Waals surface area (Å²) < 4.78 is 2.05. The molecule has 0 radical (unpaired) electrons. The summed E-state index contributed by atoms with van der Waals surface area (Å²) in [6.07, 6.45) is 8.86. The van der Waals surface area contributed by atoms with Crippen LogP contribution in [0.5, 0.6) is 0 Å². The summed E-state index contributed by atoms with van der Waals surface area (Å²) in [6, 6.07) is 13.1. The van der Waals surface area contributed by atoms with Crippen molar-refractivity contribution in [2.75, 3.05) is 13.1 Å². The Balaban J connectivity index is 0.00000272. The van der Waals surface area contributed by atoms with E-state index in [9.17, 15) is 0 Å². The lowest BCUT2D eigenvalue weighted by Crippen LogP contribution is -2.38. The molecule has 1 aliphatic carbocycles. The Labute approximate surface area is 202 Å². The predicted molar refractivity (Wildman–Crippen MR) is 137 cm³/mol. The second kappa shape index (κ2) is 11.5. The molecule has 2 aromatic heterocycles. The van der Waals surface area contributed by atoms with Crippen molar-refractivity contribution in [1.82, 2.24) is 25.2 Å². The predicted octanol–water partition coefficient (Wildman–Crippen LogP) is 4.48. The van der Waals surface area contributed by atoms with Gasteiger partial charge in [-0.3, -0.25) is 9.39 Å². The van der Waals surface area contributed by atoms with E-state index in [4.69, 9.17) is 4.99 Å². The van der Waals surface area contributed by atoms with Gasteiger partial charge in [0.05, 0.1) is 6.04 Å². The van der Waals surface area contributed by atoms with Crippen molar-refractivity contribution in [2.24, 2.45) is 4.99 Å². The lowest BCUT2D eigenvalue weighted by molar-refractivity contribution is 0.664. The van der Waals surface area contributed by atoms with Crippen molar-refractivity contribution in [2.45, 2.75) is 58.4 Å². The average molecular weight is 532 g/mol. The van der Waals surface area contributed by atoms with Crippen molar-refractivity contribution >= 4 is 35.6 Å². The maximum Gasteiger partial charge on any atom is 0.191 e. The van der Waals surface area contributed by atoms with Gasteiger partial charge >= 0.3 is 0 Å². The molecule has 7 heteroatoms. The Morgan fingerprint density at radius 1 is 1.13 bits per heavy atom. The van der Waals surface area contributed by atoms with Crippen LogP contribution in [0, 0.1) is 0 Å². The number of hydrogen-bond donors (Lipinski definition) is 2. The molecule has 2 heterocycles. The van der Waals surface area contributed by atoms with Gasteiger partial charge in [0.2, 0.25) is 0 Å². The van der Waals surface area contributed by atoms with E-state index >= 15 is 0 Å². The van der Waals surface area contributed by atoms with Crippen LogP contribution < -0.4 is 10.6 Å². The molecule has 3 aromatic rings. The van der Waals surface area contributed by atoms with Crippen LogP contribution in [0.4, 0.5) is 0 Å². The first-order valence-corrected chi connectivity index (χ1v) is 11.2. The van der Waals surface area contributed by atoms with Crippen molar-refractivity contribution in [1.29, 1.82) is 0 Å². The minimum atomic E-state index is 0. The van der Waals surface area contributed by atoms with Gasteiger partial charge in [0, 0.05) is 25.7 Å². The van der Waals surface area contributed by atoms with E-state index in [2.05, 4.69) is 52.9 Å². The second-order valence-electron chi connectivity index (χ2n) is 8.01. The third-order valence-corrected chi connectivity index (χ3v) is 5.78. The fourth-order valence-corrected chi connectivity index (χ4v) is 4.12. The minimum Gasteiger partial charge on any atom is -0.357 e. The molecular formula is C24H33IN6. The standard InChI is InChI=1S/C24H32N6.HI/c1-3-25-24(26-15-8-12-23-29-28-22-11-6-7-16-30(22)23)27-18(2)20-14-13-19-9-4-5-10-21(19)17-20;/h6-7,11,13-14,16-18H,3-5,8-10,12,15H2,1-2H3,(H2,25,26,27);1H. The van der Waals surface area contributed by atoms with E-state index in [-0.39, 0.29) is 30.0 Å². The number of aromatic nitrogens is 3. The summed E-state index contributed by atoms with van der Waals surface area (Å²) in [6.45, 7) is 5.90. The maximum absolute atomic E-state index is 4.78. The van der Waals surface area contributed by atoms with Crippen molar-refractivity contribution < 1.29 is 0 Å². The van der Waals surface area contributed by atoms with Crippen molar-refractivity contribution in [3.05, 3.63) is 65.1 Å². The third kappa shape index (κ3) is 5.96. The fourth-order valence-electron chi connectivity index (χ4n) is 4.12. The molecule has 1 atom stereocenters. The van der Waals surface area contributed by atoms with Gasteiger partial charge in [-0.1, -0.05) is 24.3 Å². The number of pyridine rings is 1. The number of nitrogens with one attached hydrogen (secondary N) is 2. The van der Waals surface area contributed by atoms with Crippen molar-refractivity contribution in [3.8, 4) is 0 Å². The molecule has 0 spiro atoms. The van der Waals surface area contributed by atoms with Crippen LogP contribution in [0.15, 0.2) is 47.6 Å². The van der Waals surface area contributed by atoms with E-state index < -0.39 is 0 Å². The number of aryl methyl sites for hydroxylation is 3. The molecule has 1 unspecified atom stereocenters. The van der Waals surface area contributed by atoms with Gasteiger partial charge in [-0.25, -0.2) is 0 Å². The normalized spacial score (nSPS) is 14.6. The van der Waals surface area contributed by atoms with Crippen LogP contribution in [0.1, 0.15) is 61.7 Å². The SMILES string of the molecule is CCNC(=NCCCc1nnc2ccccn12)NC(C)c1ccc2c(c1)CCCC2.I. The van der Waals surface area contributed by atoms with E-state index in [1.165, 1.54) is 42.4 Å². The maximum atomic E-state index is 4.78. The molecule has 166 valence electrons. The minimum absolute atomic E-state index is 0. The van der Waals surface area contributed by atoms with Gasteiger partial charge in [0.15, 0.2) is 11.6 Å². The number of aliphatic imine (C=N–C) groups is 1. The first-order valence-electron chi connectivity index (χ1n) is 11.2. The average Bonchev–Trinajstić information content (AvgIpc) is 3.19. The molecule has 31 heavy (non-hydrogen) atoms. The molecule has 0 amide bonds. The molecule has 0 fully saturated rings. The van der Waals surface area contributed by atoms with E-state index in [1.807, 2.05) is 28.8 Å². The van der Waals surface area contributed by atoms with E-state index in [1.54, 1.807) is 0 Å². The number of halogens is 1. The molecule has 0 bridgehead atoms. The number of hydrogen-bond acceptors (Lipinski definition) is 3. The molecule has 0 aliphatic heterocycles. The molecule has 6 nitrogen and oxygen atoms in total. The Bertz CT molecular complexity index is 1010. The first kappa shape index (κ1) is 23.5. The van der Waals surface area contributed by atoms with Crippen LogP contribution >= 0.6 is 24.0 Å². The van der Waals surface area contributed by atoms with Crippen LogP contribution in [-0.4, -0.2) is 33.6 Å². The summed E-state index contributed by atoms with van der Waals surface area (Å²) in [5, 5.41) is 15.5. The summed E-state index contributed by atoms with van der Waals surface area (Å²) in [5.41, 5.74) is 5.27. The highest BCUT2D eigenvalue weighted by molar-refractivity contribution is 14.0. The number of nitrogens with zero attached hydrogens (tertiary/aromatic N) is 4. The highest BCUT2D eigenvalue weighted by Crippen LogP contribution is 2.24. The largest absolute Gasteiger partial charge is 0.357 e. The van der Waals surface area contributed by atoms with Crippen molar-refractivity contribution in [3.63, 3.8) is 0 Å². The summed E-state index contributed by atoms with van der Waals surface area (Å²) >= 11 is 0. The molecule has 0 saturated carbocycles. The number of fused-ring (bicyclic) bond motifs is 2. The lowest BCUT2D eigenvalue weighted by Gasteiger charge is -2.21. The Kier molecular flexibility index (Phi) is 8.69. The second-order valence-corrected chi connectivity index (χ2v) is 8.01. The molecular weight excluding hydrogens is 499 g/mol. The van der Waals surface area contributed by atoms with E-state index in [0.717, 1.165) is 43.4 Å². The quantitative estimate of drug-likeness (QED) is 0.204. The summed E-state index contributed by atoms with van der Waals surface area (Å²) in [7, 11) is 0. The Morgan fingerprint density at radius 3 is 2.81 bits per heavy atom. The molecule has 2 N–H and O–H groups in total. The van der Waals surface area contributed by atoms with Crippen LogP contribution in [0.3, 0.4) is 0 Å². The summed E-state index contributed by atoms with van der Waals surface area (Å²) in [5.74, 6) is 1.86. The van der Waals surface area contributed by atoms with Gasteiger partial charge in [-0.15, -0.1) is 34.2 Å². The number of rotatable bonds is 7. The number of guanidine groups is 1. The topological polar surface area (TPSA) is 66.6 Å². The molecule has 4 rings (SSSR count). The molecule has 0 saturated heterocycles. The van der Waals surface area contributed by atoms with Gasteiger partial charge in [0.1, 0.15) is 5.82 Å². The van der Waals surface area contributed by atoms with Crippen LogP contribution in [0.25, 0.3) is 5.65 Å². The Morgan fingerprint density at radius 2 is 1.97 bits per heavy atom. The van der Waals surface area contributed by atoms with Gasteiger partial charge in [-0.05, 0) is 74.8 Å². The fraction of sp³-hybridized carbons (Fsp3) is 0.458. The highest BCUT2D eigenvalue weighted by Gasteiger charge is 2.13. The van der Waals surface area contributed by atoms with Gasteiger partial charge in [0.25, 0.3) is 0 Å². The zero-order valence-electron chi connectivity index (χ0n) is 18.5. The highest BCUT2D eigenvalue weighted by atomic mass is 127. The zero-order chi connectivity index (χ0) is 20.8. The van der Waals surface area contributed by atoms with Crippen LogP contribution in [0.2, 0.25) is 0 Å². The van der Waals surface area contributed by atoms with E-state index in [0.29, 0.717) is 0 Å². The lowest BCUT2D eigenvalue weighted by atomic mass is 9.89. The number of benzene rings is 1.